The maximum Gasteiger partial charge on any atom is 0.416 e. The summed E-state index contributed by atoms with van der Waals surface area (Å²) in [7, 11) is 0. The minimum absolute atomic E-state index is 0.00334. The lowest BCUT2D eigenvalue weighted by atomic mass is 10.1. The molecule has 0 saturated carbocycles. The number of nitriles is 1. The fraction of sp³-hybridized carbons (Fsp3) is 0.0556. The molecule has 4 nitrogen and oxygen atoms in total. The number of benzene rings is 2. The number of hydrogen-bond donors (Lipinski definition) is 1. The average molecular weight is 341 g/mol. The third kappa shape index (κ3) is 3.43. The molecule has 2 aromatic carbocycles. The minimum atomic E-state index is -4.48. The molecule has 0 saturated heterocycles. The lowest BCUT2D eigenvalue weighted by molar-refractivity contribution is -0.137. The van der Waals surface area contributed by atoms with E-state index in [1.54, 1.807) is 24.3 Å². The number of nitrogens with zero attached hydrogens (tertiary/aromatic N) is 2. The number of H-pyrrole nitrogens is 1. The number of para-hydroxylation sites is 1. The minimum Gasteiger partial charge on any atom is -0.305 e. The van der Waals surface area contributed by atoms with E-state index < -0.39 is 17.3 Å². The Hall–Kier alpha value is -3.40. The van der Waals surface area contributed by atoms with Crippen LogP contribution < -0.4 is 5.56 Å². The maximum atomic E-state index is 12.8. The van der Waals surface area contributed by atoms with Crippen molar-refractivity contribution in [2.75, 3.05) is 0 Å². The first-order valence-corrected chi connectivity index (χ1v) is 7.17. The molecule has 0 aliphatic carbocycles. The zero-order valence-electron chi connectivity index (χ0n) is 12.6. The summed E-state index contributed by atoms with van der Waals surface area (Å²) >= 11 is 0. The van der Waals surface area contributed by atoms with Gasteiger partial charge in [0.1, 0.15) is 6.07 Å². The van der Waals surface area contributed by atoms with Crippen LogP contribution in [0.5, 0.6) is 0 Å². The van der Waals surface area contributed by atoms with E-state index in [0.29, 0.717) is 10.9 Å². The second-order valence-corrected chi connectivity index (χ2v) is 5.22. The highest BCUT2D eigenvalue weighted by atomic mass is 19.4. The van der Waals surface area contributed by atoms with E-state index in [1.165, 1.54) is 18.2 Å². The van der Waals surface area contributed by atoms with Crippen molar-refractivity contribution in [2.24, 2.45) is 0 Å². The Morgan fingerprint density at radius 2 is 1.92 bits per heavy atom. The topological polar surface area (TPSA) is 69.5 Å². The number of rotatable bonds is 2. The lowest BCUT2D eigenvalue weighted by Gasteiger charge is -2.07. The maximum absolute atomic E-state index is 12.8. The molecule has 1 aromatic heterocycles. The predicted octanol–water partition coefficient (Wildman–Crippen LogP) is 4.01. The molecule has 1 heterocycles. The summed E-state index contributed by atoms with van der Waals surface area (Å²) in [6.07, 6.45) is -3.23. The summed E-state index contributed by atoms with van der Waals surface area (Å²) in [6, 6.07) is 13.0. The molecular weight excluding hydrogens is 331 g/mol. The normalized spacial score (nSPS) is 12.2. The van der Waals surface area contributed by atoms with Gasteiger partial charge in [0.05, 0.1) is 22.0 Å². The van der Waals surface area contributed by atoms with Crippen LogP contribution in [0.15, 0.2) is 53.3 Å². The summed E-state index contributed by atoms with van der Waals surface area (Å²) < 4.78 is 38.4. The number of fused-ring (bicyclic) bond motifs is 1. The van der Waals surface area contributed by atoms with Gasteiger partial charge in [0.25, 0.3) is 5.56 Å². The first-order chi connectivity index (χ1) is 11.9. The number of nitrogens with one attached hydrogen (secondary N) is 1. The quantitative estimate of drug-likeness (QED) is 0.716. The van der Waals surface area contributed by atoms with Crippen molar-refractivity contribution in [3.8, 4) is 6.07 Å². The molecular formula is C18H10F3N3O. The summed E-state index contributed by atoms with van der Waals surface area (Å²) in [4.78, 5) is 18.8. The molecule has 124 valence electrons. The number of alkyl halides is 3. The predicted molar refractivity (Wildman–Crippen MR) is 87.3 cm³/mol. The van der Waals surface area contributed by atoms with Gasteiger partial charge in [-0.15, -0.1) is 0 Å². The van der Waals surface area contributed by atoms with E-state index in [2.05, 4.69) is 9.97 Å². The first kappa shape index (κ1) is 16.5. The summed E-state index contributed by atoms with van der Waals surface area (Å²) in [5, 5.41) is 9.69. The summed E-state index contributed by atoms with van der Waals surface area (Å²) in [6.45, 7) is 0. The van der Waals surface area contributed by atoms with Crippen LogP contribution in [0.25, 0.3) is 22.6 Å². The van der Waals surface area contributed by atoms with Gasteiger partial charge in [-0.1, -0.05) is 24.3 Å². The van der Waals surface area contributed by atoms with Crippen molar-refractivity contribution in [3.05, 3.63) is 75.8 Å². The van der Waals surface area contributed by atoms with E-state index in [0.717, 1.165) is 12.1 Å². The molecule has 0 fully saturated rings. The average Bonchev–Trinajstić information content (AvgIpc) is 2.59. The molecule has 3 rings (SSSR count). The molecule has 7 heteroatoms. The van der Waals surface area contributed by atoms with Gasteiger partial charge in [-0.3, -0.25) is 4.79 Å². The van der Waals surface area contributed by atoms with Crippen LogP contribution in [0.2, 0.25) is 0 Å². The van der Waals surface area contributed by atoms with Gasteiger partial charge < -0.3 is 4.98 Å². The fourth-order valence-electron chi connectivity index (χ4n) is 2.34. The number of halogens is 3. The molecule has 3 aromatic rings. The van der Waals surface area contributed by atoms with Gasteiger partial charge in [0.2, 0.25) is 0 Å². The Balaban J connectivity index is 2.11. The van der Waals surface area contributed by atoms with Gasteiger partial charge in [-0.25, -0.2) is 4.98 Å². The number of allylic oxidation sites excluding steroid dienone is 1. The smallest absolute Gasteiger partial charge is 0.305 e. The van der Waals surface area contributed by atoms with Gasteiger partial charge in [0, 0.05) is 0 Å². The highest BCUT2D eigenvalue weighted by molar-refractivity contribution is 5.89. The van der Waals surface area contributed by atoms with Gasteiger partial charge in [0.15, 0.2) is 5.82 Å². The molecule has 0 aliphatic heterocycles. The third-order valence-electron chi connectivity index (χ3n) is 3.51. The Labute approximate surface area is 139 Å². The largest absolute Gasteiger partial charge is 0.416 e. The van der Waals surface area contributed by atoms with Crippen LogP contribution in [0, 0.1) is 11.3 Å². The van der Waals surface area contributed by atoms with Crippen molar-refractivity contribution in [3.63, 3.8) is 0 Å². The van der Waals surface area contributed by atoms with Crippen molar-refractivity contribution in [1.82, 2.24) is 9.97 Å². The zero-order valence-corrected chi connectivity index (χ0v) is 12.6. The molecule has 0 bridgehead atoms. The Kier molecular flexibility index (Phi) is 4.11. The number of aromatic amines is 1. The Morgan fingerprint density at radius 3 is 2.64 bits per heavy atom. The van der Waals surface area contributed by atoms with E-state index in [-0.39, 0.29) is 17.0 Å². The van der Waals surface area contributed by atoms with Crippen molar-refractivity contribution in [2.45, 2.75) is 6.18 Å². The van der Waals surface area contributed by atoms with Crippen molar-refractivity contribution in [1.29, 1.82) is 5.26 Å². The van der Waals surface area contributed by atoms with E-state index in [9.17, 15) is 23.2 Å². The SMILES string of the molecule is N#C/C(=C/c1cccc(C(F)(F)F)c1)c1nc2ccccc2c(=O)[nH]1. The van der Waals surface area contributed by atoms with Gasteiger partial charge in [-0.2, -0.15) is 18.4 Å². The van der Waals surface area contributed by atoms with Crippen LogP contribution in [0.3, 0.4) is 0 Å². The van der Waals surface area contributed by atoms with Crippen LogP contribution in [-0.4, -0.2) is 9.97 Å². The fourth-order valence-corrected chi connectivity index (χ4v) is 2.34. The van der Waals surface area contributed by atoms with Crippen molar-refractivity contribution >= 4 is 22.6 Å². The molecule has 0 radical (unpaired) electrons. The van der Waals surface area contributed by atoms with Crippen molar-refractivity contribution < 1.29 is 13.2 Å². The molecule has 0 atom stereocenters. The van der Waals surface area contributed by atoms with Gasteiger partial charge in [-0.05, 0) is 35.9 Å². The Bertz CT molecular complexity index is 1080. The van der Waals surface area contributed by atoms with Crippen LogP contribution in [-0.2, 0) is 6.18 Å². The lowest BCUT2D eigenvalue weighted by Crippen LogP contribution is -2.11. The van der Waals surface area contributed by atoms with E-state index in [4.69, 9.17) is 0 Å². The molecule has 0 unspecified atom stereocenters. The second kappa shape index (κ2) is 6.24. The van der Waals surface area contributed by atoms with E-state index in [1.807, 2.05) is 6.07 Å². The molecule has 0 spiro atoms. The number of hydrogen-bond acceptors (Lipinski definition) is 3. The summed E-state index contributed by atoms with van der Waals surface area (Å²) in [5.41, 5.74) is -0.708. The first-order valence-electron chi connectivity index (χ1n) is 7.17. The molecule has 0 amide bonds. The summed E-state index contributed by atoms with van der Waals surface area (Å²) in [5.74, 6) is 0.00334. The monoisotopic (exact) mass is 341 g/mol. The third-order valence-corrected chi connectivity index (χ3v) is 3.51. The highest BCUT2D eigenvalue weighted by Gasteiger charge is 2.30. The zero-order chi connectivity index (χ0) is 18.0. The van der Waals surface area contributed by atoms with E-state index >= 15 is 0 Å². The standard InChI is InChI=1S/C18H10F3N3O/c19-18(20,21)13-5-3-4-11(9-13)8-12(10-22)16-23-15-7-2-1-6-14(15)17(25)24-16/h1-9H,(H,23,24,25)/b12-8-. The second-order valence-electron chi connectivity index (χ2n) is 5.22. The number of aromatic nitrogens is 2. The highest BCUT2D eigenvalue weighted by Crippen LogP contribution is 2.30. The molecule has 0 aliphatic rings. The Morgan fingerprint density at radius 1 is 1.16 bits per heavy atom. The molecule has 1 N–H and O–H groups in total. The van der Waals surface area contributed by atoms with Gasteiger partial charge >= 0.3 is 6.18 Å². The van der Waals surface area contributed by atoms with Crippen LogP contribution >= 0.6 is 0 Å². The van der Waals surface area contributed by atoms with Crippen LogP contribution in [0.1, 0.15) is 17.0 Å². The van der Waals surface area contributed by atoms with Crippen LogP contribution in [0.4, 0.5) is 13.2 Å². The molecule has 25 heavy (non-hydrogen) atoms.